The van der Waals surface area contributed by atoms with Crippen LogP contribution < -0.4 is 0 Å². The fraction of sp³-hybridized carbons (Fsp3) is 0.143. The molecule has 0 spiro atoms. The summed E-state index contributed by atoms with van der Waals surface area (Å²) >= 11 is 8.94. The van der Waals surface area contributed by atoms with Gasteiger partial charge in [-0.05, 0) is 27.6 Å². The molecule has 1 unspecified atom stereocenters. The number of aliphatic hydroxyl groups excluding tert-OH is 1. The van der Waals surface area contributed by atoms with Crippen LogP contribution in [0.4, 0.5) is 4.39 Å². The molecule has 0 saturated carbocycles. The Balaban J connectivity index is 2.24. The minimum absolute atomic E-state index is 0.000360. The number of halogens is 3. The Labute approximate surface area is 118 Å². The molecular weight excluding hydrogens is 319 g/mol. The molecule has 94 valence electrons. The minimum Gasteiger partial charge on any atom is -0.388 e. The summed E-state index contributed by atoms with van der Waals surface area (Å²) in [6.07, 6.45) is -0.548. The second kappa shape index (κ2) is 5.83. The van der Waals surface area contributed by atoms with Crippen LogP contribution in [0.25, 0.3) is 0 Å². The lowest BCUT2D eigenvalue weighted by Crippen LogP contribution is -2.05. The average Bonchev–Trinajstić information content (AvgIpc) is 2.37. The molecule has 0 heterocycles. The zero-order valence-electron chi connectivity index (χ0n) is 9.41. The second-order valence-electron chi connectivity index (χ2n) is 3.97. The summed E-state index contributed by atoms with van der Waals surface area (Å²) in [7, 11) is 0. The molecule has 0 fully saturated rings. The van der Waals surface area contributed by atoms with E-state index in [1.54, 1.807) is 12.1 Å². The van der Waals surface area contributed by atoms with Crippen molar-refractivity contribution in [2.75, 3.05) is 0 Å². The third kappa shape index (κ3) is 2.91. The molecule has 4 heteroatoms. The molecule has 0 radical (unpaired) electrons. The van der Waals surface area contributed by atoms with Crippen LogP contribution in [-0.4, -0.2) is 5.11 Å². The van der Waals surface area contributed by atoms with Gasteiger partial charge >= 0.3 is 0 Å². The predicted molar refractivity (Wildman–Crippen MR) is 74.2 cm³/mol. The first-order chi connectivity index (χ1) is 8.59. The number of hydrogen-bond acceptors (Lipinski definition) is 1. The molecular formula is C14H11BrClFO. The number of benzene rings is 2. The topological polar surface area (TPSA) is 20.2 Å². The highest BCUT2D eigenvalue weighted by atomic mass is 79.9. The second-order valence-corrected chi connectivity index (χ2v) is 5.20. The van der Waals surface area contributed by atoms with Crippen LogP contribution in [0.3, 0.4) is 0 Å². The largest absolute Gasteiger partial charge is 0.388 e. The third-order valence-corrected chi connectivity index (χ3v) is 3.95. The van der Waals surface area contributed by atoms with Crippen molar-refractivity contribution in [2.24, 2.45) is 0 Å². The van der Waals surface area contributed by atoms with E-state index in [2.05, 4.69) is 15.9 Å². The number of aliphatic hydroxyl groups is 1. The van der Waals surface area contributed by atoms with Crippen molar-refractivity contribution in [3.05, 3.63) is 68.9 Å². The quantitative estimate of drug-likeness (QED) is 0.821. The van der Waals surface area contributed by atoms with E-state index >= 15 is 0 Å². The van der Waals surface area contributed by atoms with Crippen LogP contribution in [-0.2, 0) is 6.42 Å². The van der Waals surface area contributed by atoms with Crippen molar-refractivity contribution < 1.29 is 9.50 Å². The Hall–Kier alpha value is -0.900. The van der Waals surface area contributed by atoms with Gasteiger partial charge in [0.05, 0.1) is 11.1 Å². The van der Waals surface area contributed by atoms with Gasteiger partial charge in [-0.2, -0.15) is 0 Å². The van der Waals surface area contributed by atoms with Gasteiger partial charge in [0.15, 0.2) is 0 Å². The summed E-state index contributed by atoms with van der Waals surface area (Å²) in [5.41, 5.74) is 1.16. The van der Waals surface area contributed by atoms with E-state index in [1.807, 2.05) is 30.3 Å². The summed E-state index contributed by atoms with van der Waals surface area (Å²) in [5.74, 6) is -0.575. The first-order valence-electron chi connectivity index (χ1n) is 5.45. The molecule has 1 nitrogen and oxygen atoms in total. The van der Waals surface area contributed by atoms with Gasteiger partial charge in [-0.1, -0.05) is 48.0 Å². The van der Waals surface area contributed by atoms with Crippen molar-refractivity contribution in [1.82, 2.24) is 0 Å². The molecule has 2 aromatic rings. The van der Waals surface area contributed by atoms with Crippen LogP contribution in [0.2, 0.25) is 5.02 Å². The van der Waals surface area contributed by atoms with E-state index in [0.29, 0.717) is 10.9 Å². The molecule has 0 aliphatic rings. The van der Waals surface area contributed by atoms with Gasteiger partial charge in [-0.3, -0.25) is 0 Å². The van der Waals surface area contributed by atoms with Crippen molar-refractivity contribution in [3.8, 4) is 0 Å². The lowest BCUT2D eigenvalue weighted by atomic mass is 10.0. The molecule has 0 saturated heterocycles. The Bertz CT molecular complexity index is 545. The predicted octanol–water partition coefficient (Wildman–Crippen LogP) is 4.52. The molecule has 0 aliphatic carbocycles. The van der Waals surface area contributed by atoms with Crippen LogP contribution in [0.5, 0.6) is 0 Å². The molecule has 1 atom stereocenters. The molecule has 18 heavy (non-hydrogen) atoms. The number of rotatable bonds is 3. The standard InChI is InChI=1S/C14H11BrClFO/c15-11-7-6-10(14(17)13(11)16)12(18)8-9-4-2-1-3-5-9/h1-7,12,18H,8H2. The highest BCUT2D eigenvalue weighted by molar-refractivity contribution is 9.10. The highest BCUT2D eigenvalue weighted by Crippen LogP contribution is 2.31. The fourth-order valence-corrected chi connectivity index (χ4v) is 2.22. The highest BCUT2D eigenvalue weighted by Gasteiger charge is 2.17. The third-order valence-electron chi connectivity index (χ3n) is 2.70. The van der Waals surface area contributed by atoms with Gasteiger partial charge in [0.2, 0.25) is 0 Å². The Morgan fingerprint density at radius 2 is 1.83 bits per heavy atom. The number of hydrogen-bond donors (Lipinski definition) is 1. The van der Waals surface area contributed by atoms with Crippen LogP contribution in [0.15, 0.2) is 46.9 Å². The molecule has 1 N–H and O–H groups in total. The van der Waals surface area contributed by atoms with Gasteiger partial charge in [0.25, 0.3) is 0 Å². The van der Waals surface area contributed by atoms with Crippen molar-refractivity contribution in [2.45, 2.75) is 12.5 Å². The Morgan fingerprint density at radius 1 is 1.17 bits per heavy atom. The summed E-state index contributed by atoms with van der Waals surface area (Å²) in [6, 6.07) is 12.6. The van der Waals surface area contributed by atoms with Gasteiger partial charge in [0, 0.05) is 16.5 Å². The van der Waals surface area contributed by atoms with E-state index in [4.69, 9.17) is 11.6 Å². The van der Waals surface area contributed by atoms with E-state index in [1.165, 1.54) is 0 Å². The van der Waals surface area contributed by atoms with E-state index in [9.17, 15) is 9.50 Å². The molecule has 0 aliphatic heterocycles. The maximum Gasteiger partial charge on any atom is 0.148 e. The van der Waals surface area contributed by atoms with Gasteiger partial charge in [-0.15, -0.1) is 0 Å². The smallest absolute Gasteiger partial charge is 0.148 e. The van der Waals surface area contributed by atoms with Crippen molar-refractivity contribution >= 4 is 27.5 Å². The summed E-state index contributed by atoms with van der Waals surface area (Å²) in [5, 5.41) is 10.1. The summed E-state index contributed by atoms with van der Waals surface area (Å²) in [4.78, 5) is 0. The normalized spacial score (nSPS) is 12.4. The lowest BCUT2D eigenvalue weighted by molar-refractivity contribution is 0.173. The zero-order valence-corrected chi connectivity index (χ0v) is 11.7. The fourth-order valence-electron chi connectivity index (χ4n) is 1.75. The summed E-state index contributed by atoms with van der Waals surface area (Å²) < 4.78 is 14.4. The van der Waals surface area contributed by atoms with Crippen LogP contribution in [0.1, 0.15) is 17.2 Å². The Kier molecular flexibility index (Phi) is 4.38. The SMILES string of the molecule is OC(Cc1ccccc1)c1ccc(Br)c(Cl)c1F. The first-order valence-corrected chi connectivity index (χ1v) is 6.62. The maximum absolute atomic E-state index is 13.9. The van der Waals surface area contributed by atoms with Crippen molar-refractivity contribution in [3.63, 3.8) is 0 Å². The molecule has 0 aromatic heterocycles. The maximum atomic E-state index is 13.9. The summed E-state index contributed by atoms with van der Waals surface area (Å²) in [6.45, 7) is 0. The molecule has 2 rings (SSSR count). The van der Waals surface area contributed by atoms with E-state index < -0.39 is 11.9 Å². The van der Waals surface area contributed by atoms with Crippen molar-refractivity contribution in [1.29, 1.82) is 0 Å². The van der Waals surface area contributed by atoms with Crippen LogP contribution in [0, 0.1) is 5.82 Å². The molecule has 0 amide bonds. The Morgan fingerprint density at radius 3 is 2.50 bits per heavy atom. The van der Waals surface area contributed by atoms with Crippen LogP contribution >= 0.6 is 27.5 Å². The lowest BCUT2D eigenvalue weighted by Gasteiger charge is -2.13. The van der Waals surface area contributed by atoms with Gasteiger partial charge < -0.3 is 5.11 Å². The van der Waals surface area contributed by atoms with Gasteiger partial charge in [0.1, 0.15) is 5.82 Å². The molecule has 0 bridgehead atoms. The van der Waals surface area contributed by atoms with E-state index in [-0.39, 0.29) is 10.6 Å². The molecule has 2 aromatic carbocycles. The average molecular weight is 330 g/mol. The minimum atomic E-state index is -0.905. The van der Waals surface area contributed by atoms with E-state index in [0.717, 1.165) is 5.56 Å². The van der Waals surface area contributed by atoms with Gasteiger partial charge in [-0.25, -0.2) is 4.39 Å². The monoisotopic (exact) mass is 328 g/mol. The zero-order chi connectivity index (χ0) is 13.1. The first kappa shape index (κ1) is 13.5.